The summed E-state index contributed by atoms with van der Waals surface area (Å²) in [6.07, 6.45) is 2.57. The fourth-order valence-corrected chi connectivity index (χ4v) is 2.25. The van der Waals surface area contributed by atoms with Crippen LogP contribution >= 0.6 is 11.6 Å². The predicted molar refractivity (Wildman–Crippen MR) is 75.0 cm³/mol. The lowest BCUT2D eigenvalue weighted by molar-refractivity contribution is 0.0591. The second-order valence-corrected chi connectivity index (χ2v) is 5.71. The smallest absolute Gasteiger partial charge is 0.0785 e. The van der Waals surface area contributed by atoms with Gasteiger partial charge in [0.05, 0.1) is 24.2 Å². The first-order valence-electron chi connectivity index (χ1n) is 6.69. The molecule has 0 bridgehead atoms. The van der Waals surface area contributed by atoms with Crippen molar-refractivity contribution >= 4 is 11.6 Å². The van der Waals surface area contributed by atoms with Gasteiger partial charge in [0.15, 0.2) is 0 Å². The summed E-state index contributed by atoms with van der Waals surface area (Å²) in [5.41, 5.74) is 0. The van der Waals surface area contributed by atoms with Crippen molar-refractivity contribution < 1.29 is 15.3 Å². The summed E-state index contributed by atoms with van der Waals surface area (Å²) in [7, 11) is 3.83. The molecule has 0 saturated carbocycles. The van der Waals surface area contributed by atoms with Gasteiger partial charge in [-0.3, -0.25) is 0 Å². The van der Waals surface area contributed by atoms with Crippen molar-refractivity contribution in [2.45, 2.75) is 62.7 Å². The minimum atomic E-state index is -0.728. The molecule has 0 radical (unpaired) electrons. The number of aliphatic hydroxyl groups excluding tert-OH is 3. The zero-order valence-corrected chi connectivity index (χ0v) is 12.5. The zero-order valence-electron chi connectivity index (χ0n) is 11.7. The maximum atomic E-state index is 9.91. The Kier molecular flexibility index (Phi) is 10.1. The van der Waals surface area contributed by atoms with Crippen molar-refractivity contribution in [1.29, 1.82) is 0 Å². The molecule has 0 aromatic carbocycles. The molecule has 0 heterocycles. The van der Waals surface area contributed by atoms with E-state index in [1.54, 1.807) is 0 Å². The lowest BCUT2D eigenvalue weighted by atomic mass is 9.98. The van der Waals surface area contributed by atoms with E-state index in [2.05, 4.69) is 6.92 Å². The average Bonchev–Trinajstić information content (AvgIpc) is 2.34. The van der Waals surface area contributed by atoms with Gasteiger partial charge in [-0.2, -0.15) is 0 Å². The zero-order chi connectivity index (χ0) is 14.1. The first-order valence-corrected chi connectivity index (χ1v) is 7.13. The van der Waals surface area contributed by atoms with Gasteiger partial charge in [-0.25, -0.2) is 0 Å². The number of aliphatic hydroxyl groups is 3. The van der Waals surface area contributed by atoms with Crippen molar-refractivity contribution in [3.05, 3.63) is 0 Å². The molecule has 4 unspecified atom stereocenters. The van der Waals surface area contributed by atoms with E-state index in [0.717, 1.165) is 12.8 Å². The van der Waals surface area contributed by atoms with Crippen molar-refractivity contribution in [3.63, 3.8) is 0 Å². The fourth-order valence-electron chi connectivity index (χ4n) is 1.92. The van der Waals surface area contributed by atoms with Crippen LogP contribution in [0.25, 0.3) is 0 Å². The molecule has 0 fully saturated rings. The third-order valence-corrected chi connectivity index (χ3v) is 3.72. The van der Waals surface area contributed by atoms with Crippen molar-refractivity contribution in [1.82, 2.24) is 4.90 Å². The predicted octanol–water partition coefficient (Wildman–Crippen LogP) is 1.21. The Morgan fingerprint density at radius 1 is 1.17 bits per heavy atom. The molecule has 4 nitrogen and oxygen atoms in total. The summed E-state index contributed by atoms with van der Waals surface area (Å²) in [6, 6.07) is 0.0610. The Labute approximate surface area is 116 Å². The van der Waals surface area contributed by atoms with Gasteiger partial charge >= 0.3 is 0 Å². The van der Waals surface area contributed by atoms with E-state index in [-0.39, 0.29) is 18.0 Å². The van der Waals surface area contributed by atoms with Crippen LogP contribution in [0.15, 0.2) is 0 Å². The molecule has 3 N–H and O–H groups in total. The molecule has 0 aromatic rings. The molecule has 0 rings (SSSR count). The monoisotopic (exact) mass is 281 g/mol. The highest BCUT2D eigenvalue weighted by atomic mass is 35.5. The van der Waals surface area contributed by atoms with E-state index in [4.69, 9.17) is 16.7 Å². The minimum Gasteiger partial charge on any atom is -0.394 e. The molecule has 5 heteroatoms. The Balaban J connectivity index is 4.21. The van der Waals surface area contributed by atoms with Gasteiger partial charge in [-0.15, -0.1) is 11.6 Å². The van der Waals surface area contributed by atoms with Crippen LogP contribution in [-0.2, 0) is 0 Å². The van der Waals surface area contributed by atoms with E-state index in [0.29, 0.717) is 19.3 Å². The number of hydrogen-bond acceptors (Lipinski definition) is 4. The van der Waals surface area contributed by atoms with E-state index in [1.807, 2.05) is 19.0 Å². The molecular weight excluding hydrogens is 254 g/mol. The summed E-state index contributed by atoms with van der Waals surface area (Å²) < 4.78 is 0. The highest BCUT2D eigenvalue weighted by molar-refractivity contribution is 6.21. The molecule has 0 amide bonds. The summed E-state index contributed by atoms with van der Waals surface area (Å²) in [4.78, 5) is 1.97. The average molecular weight is 282 g/mol. The first kappa shape index (κ1) is 18.1. The quantitative estimate of drug-likeness (QED) is 0.527. The Morgan fingerprint density at radius 2 is 1.78 bits per heavy atom. The molecule has 0 aromatic heterocycles. The largest absolute Gasteiger partial charge is 0.394 e. The highest BCUT2D eigenvalue weighted by Gasteiger charge is 2.24. The van der Waals surface area contributed by atoms with Crippen LogP contribution in [0.3, 0.4) is 0 Å². The molecule has 0 aliphatic heterocycles. The first-order chi connectivity index (χ1) is 8.42. The Hall–Kier alpha value is 0.130. The molecule has 0 spiro atoms. The summed E-state index contributed by atoms with van der Waals surface area (Å²) in [5.74, 6) is 0. The molecule has 110 valence electrons. The normalized spacial score (nSPS) is 18.7. The Morgan fingerprint density at radius 3 is 2.22 bits per heavy atom. The molecule has 18 heavy (non-hydrogen) atoms. The molecular formula is C13H28ClNO3. The SMILES string of the molecule is CCCCC(O)C(Cl)CC(CC(O)CO)N(C)C. The highest BCUT2D eigenvalue weighted by Crippen LogP contribution is 2.20. The van der Waals surface area contributed by atoms with Gasteiger partial charge in [-0.1, -0.05) is 19.8 Å². The molecule has 0 aliphatic carbocycles. The van der Waals surface area contributed by atoms with Crippen LogP contribution in [0.4, 0.5) is 0 Å². The number of unbranched alkanes of at least 4 members (excludes halogenated alkanes) is 1. The van der Waals surface area contributed by atoms with Crippen LogP contribution in [0, 0.1) is 0 Å². The fraction of sp³-hybridized carbons (Fsp3) is 1.00. The number of halogens is 1. The van der Waals surface area contributed by atoms with Crippen molar-refractivity contribution in [2.75, 3.05) is 20.7 Å². The van der Waals surface area contributed by atoms with E-state index >= 15 is 0 Å². The molecule has 0 aliphatic rings. The van der Waals surface area contributed by atoms with E-state index in [1.165, 1.54) is 0 Å². The molecule has 0 saturated heterocycles. The number of hydrogen-bond donors (Lipinski definition) is 3. The van der Waals surface area contributed by atoms with E-state index < -0.39 is 12.2 Å². The number of nitrogens with zero attached hydrogens (tertiary/aromatic N) is 1. The minimum absolute atomic E-state index is 0.0610. The lowest BCUT2D eigenvalue weighted by Crippen LogP contribution is -2.37. The maximum absolute atomic E-state index is 9.91. The second kappa shape index (κ2) is 9.98. The van der Waals surface area contributed by atoms with Crippen LogP contribution in [0.1, 0.15) is 39.0 Å². The topological polar surface area (TPSA) is 63.9 Å². The Bertz CT molecular complexity index is 205. The third-order valence-electron chi connectivity index (χ3n) is 3.25. The number of alkyl halides is 1. The van der Waals surface area contributed by atoms with Crippen LogP contribution in [0.2, 0.25) is 0 Å². The standard InChI is InChI=1S/C13H28ClNO3/c1-4-5-6-13(18)12(14)8-10(15(2)3)7-11(17)9-16/h10-13,16-18H,4-9H2,1-3H3. The van der Waals surface area contributed by atoms with Crippen LogP contribution < -0.4 is 0 Å². The van der Waals surface area contributed by atoms with Gasteiger partial charge in [-0.05, 0) is 33.4 Å². The van der Waals surface area contributed by atoms with Gasteiger partial charge in [0.25, 0.3) is 0 Å². The third kappa shape index (κ3) is 7.54. The van der Waals surface area contributed by atoms with Gasteiger partial charge < -0.3 is 20.2 Å². The number of rotatable bonds is 10. The maximum Gasteiger partial charge on any atom is 0.0785 e. The van der Waals surface area contributed by atoms with Crippen LogP contribution in [-0.4, -0.2) is 64.5 Å². The van der Waals surface area contributed by atoms with Crippen LogP contribution in [0.5, 0.6) is 0 Å². The van der Waals surface area contributed by atoms with Gasteiger partial charge in [0.1, 0.15) is 0 Å². The lowest BCUT2D eigenvalue weighted by Gasteiger charge is -2.29. The molecule has 4 atom stereocenters. The summed E-state index contributed by atoms with van der Waals surface area (Å²) >= 11 is 6.21. The van der Waals surface area contributed by atoms with Crippen molar-refractivity contribution in [3.8, 4) is 0 Å². The second-order valence-electron chi connectivity index (χ2n) is 5.15. The van der Waals surface area contributed by atoms with E-state index in [9.17, 15) is 10.2 Å². The summed E-state index contributed by atoms with van der Waals surface area (Å²) in [5, 5.41) is 28.0. The van der Waals surface area contributed by atoms with Gasteiger partial charge in [0.2, 0.25) is 0 Å². The van der Waals surface area contributed by atoms with Crippen molar-refractivity contribution in [2.24, 2.45) is 0 Å². The van der Waals surface area contributed by atoms with Gasteiger partial charge in [0, 0.05) is 6.04 Å². The summed E-state index contributed by atoms with van der Waals surface area (Å²) in [6.45, 7) is 1.84.